The Hall–Kier alpha value is -2.05. The van der Waals surface area contributed by atoms with Gasteiger partial charge in [-0.25, -0.2) is 4.98 Å². The highest BCUT2D eigenvalue weighted by Crippen LogP contribution is 2.36. The largest absolute Gasteiger partial charge is 0.481 e. The average Bonchev–Trinajstić information content (AvgIpc) is 2.76. The van der Waals surface area contributed by atoms with Crippen LogP contribution in [0.4, 0.5) is 5.95 Å². The second kappa shape index (κ2) is 5.52. The maximum atomic E-state index is 12.2. The van der Waals surface area contributed by atoms with Crippen LogP contribution in [0.3, 0.4) is 0 Å². The van der Waals surface area contributed by atoms with Crippen molar-refractivity contribution in [1.82, 2.24) is 15.2 Å². The van der Waals surface area contributed by atoms with E-state index in [-0.39, 0.29) is 17.8 Å². The number of aliphatic carboxylic acids is 1. The molecule has 0 radical (unpaired) electrons. The van der Waals surface area contributed by atoms with Gasteiger partial charge in [0.2, 0.25) is 11.9 Å². The fourth-order valence-electron chi connectivity index (χ4n) is 2.57. The number of nitrogens with one attached hydrogen (secondary N) is 1. The van der Waals surface area contributed by atoms with Crippen molar-refractivity contribution in [2.75, 3.05) is 5.32 Å². The lowest BCUT2D eigenvalue weighted by atomic mass is 9.95. The Bertz CT molecular complexity index is 546. The van der Waals surface area contributed by atoms with E-state index < -0.39 is 17.8 Å². The SMILES string of the molecule is Cc1nnc(NC(=O)C2CC(C)CC2C(=O)O)nc1C. The number of aromatic nitrogens is 3. The number of hydrogen-bond donors (Lipinski definition) is 2. The summed E-state index contributed by atoms with van der Waals surface area (Å²) < 4.78 is 0. The molecule has 2 rings (SSSR count). The Morgan fingerprint density at radius 3 is 2.40 bits per heavy atom. The van der Waals surface area contributed by atoms with Gasteiger partial charge < -0.3 is 5.11 Å². The molecule has 20 heavy (non-hydrogen) atoms. The van der Waals surface area contributed by atoms with Gasteiger partial charge in [0.05, 0.1) is 23.2 Å². The summed E-state index contributed by atoms with van der Waals surface area (Å²) in [6.07, 6.45) is 1.10. The molecule has 1 fully saturated rings. The van der Waals surface area contributed by atoms with Crippen molar-refractivity contribution in [3.05, 3.63) is 11.4 Å². The molecule has 2 N–H and O–H groups in total. The van der Waals surface area contributed by atoms with Crippen LogP contribution in [0.25, 0.3) is 0 Å². The highest BCUT2D eigenvalue weighted by Gasteiger charge is 2.41. The number of hydrogen-bond acceptors (Lipinski definition) is 5. The zero-order valence-electron chi connectivity index (χ0n) is 11.8. The Morgan fingerprint density at radius 2 is 1.80 bits per heavy atom. The molecule has 0 aromatic carbocycles. The average molecular weight is 278 g/mol. The van der Waals surface area contributed by atoms with Crippen LogP contribution in [0, 0.1) is 31.6 Å². The maximum absolute atomic E-state index is 12.2. The number of nitrogens with zero attached hydrogens (tertiary/aromatic N) is 3. The Kier molecular flexibility index (Phi) is 3.96. The number of rotatable bonds is 3. The predicted molar refractivity (Wildman–Crippen MR) is 70.9 cm³/mol. The first-order valence-electron chi connectivity index (χ1n) is 6.60. The molecular formula is C13H18N4O3. The van der Waals surface area contributed by atoms with Crippen LogP contribution in [0.2, 0.25) is 0 Å². The highest BCUT2D eigenvalue weighted by molar-refractivity contribution is 5.94. The van der Waals surface area contributed by atoms with Crippen molar-refractivity contribution in [3.8, 4) is 0 Å². The van der Waals surface area contributed by atoms with Crippen LogP contribution in [0.15, 0.2) is 0 Å². The van der Waals surface area contributed by atoms with Crippen molar-refractivity contribution in [1.29, 1.82) is 0 Å². The van der Waals surface area contributed by atoms with E-state index in [9.17, 15) is 14.7 Å². The molecule has 0 aliphatic heterocycles. The minimum atomic E-state index is -0.923. The van der Waals surface area contributed by atoms with E-state index in [4.69, 9.17) is 0 Å². The molecule has 1 saturated carbocycles. The number of anilines is 1. The summed E-state index contributed by atoms with van der Waals surface area (Å²) >= 11 is 0. The van der Waals surface area contributed by atoms with E-state index in [1.165, 1.54) is 0 Å². The number of carboxylic acids is 1. The third kappa shape index (κ3) is 2.92. The molecule has 1 aromatic heterocycles. The summed E-state index contributed by atoms with van der Waals surface area (Å²) in [5.74, 6) is -2.08. The van der Waals surface area contributed by atoms with Crippen molar-refractivity contribution in [3.63, 3.8) is 0 Å². The predicted octanol–water partition coefficient (Wildman–Crippen LogP) is 1.17. The van der Waals surface area contributed by atoms with E-state index in [1.54, 1.807) is 13.8 Å². The van der Waals surface area contributed by atoms with Crippen molar-refractivity contribution in [2.24, 2.45) is 17.8 Å². The number of aryl methyl sites for hydroxylation is 2. The van der Waals surface area contributed by atoms with Crippen LogP contribution in [-0.4, -0.2) is 32.2 Å². The molecule has 1 aliphatic carbocycles. The van der Waals surface area contributed by atoms with Crippen molar-refractivity contribution >= 4 is 17.8 Å². The topological polar surface area (TPSA) is 105 Å². The molecule has 7 nitrogen and oxygen atoms in total. The van der Waals surface area contributed by atoms with Gasteiger partial charge in [-0.3, -0.25) is 14.9 Å². The standard InChI is InChI=1S/C13H18N4O3/c1-6-4-9(10(5-6)12(19)20)11(18)15-13-14-7(2)8(3)16-17-13/h6,9-10H,4-5H2,1-3H3,(H,19,20)(H,14,15,17,18). The molecule has 3 atom stereocenters. The lowest BCUT2D eigenvalue weighted by molar-refractivity contribution is -0.145. The molecule has 7 heteroatoms. The second-order valence-corrected chi connectivity index (χ2v) is 5.42. The van der Waals surface area contributed by atoms with Gasteiger partial charge in [-0.15, -0.1) is 5.10 Å². The van der Waals surface area contributed by atoms with Gasteiger partial charge in [0.15, 0.2) is 0 Å². The minimum Gasteiger partial charge on any atom is -0.481 e. The van der Waals surface area contributed by atoms with Gasteiger partial charge in [0, 0.05) is 0 Å². The first-order chi connectivity index (χ1) is 9.38. The van der Waals surface area contributed by atoms with Gasteiger partial charge in [0.1, 0.15) is 0 Å². The van der Waals surface area contributed by atoms with Crippen LogP contribution in [0.5, 0.6) is 0 Å². The van der Waals surface area contributed by atoms with Crippen LogP contribution in [-0.2, 0) is 9.59 Å². The second-order valence-electron chi connectivity index (χ2n) is 5.42. The number of amides is 1. The van der Waals surface area contributed by atoms with Gasteiger partial charge in [0.25, 0.3) is 0 Å². The summed E-state index contributed by atoms with van der Waals surface area (Å²) in [5, 5.41) is 19.4. The minimum absolute atomic E-state index is 0.127. The summed E-state index contributed by atoms with van der Waals surface area (Å²) in [6, 6.07) is 0. The first-order valence-corrected chi connectivity index (χ1v) is 6.60. The molecule has 108 valence electrons. The van der Waals surface area contributed by atoms with E-state index in [0.29, 0.717) is 24.2 Å². The molecule has 0 spiro atoms. The summed E-state index contributed by atoms with van der Waals surface area (Å²) in [6.45, 7) is 5.51. The Labute approximate surface area is 116 Å². The Morgan fingerprint density at radius 1 is 1.15 bits per heavy atom. The molecule has 0 saturated heterocycles. The summed E-state index contributed by atoms with van der Waals surface area (Å²) in [7, 11) is 0. The number of carbonyl (C=O) groups is 2. The molecule has 1 aromatic rings. The van der Waals surface area contributed by atoms with Crippen LogP contribution < -0.4 is 5.32 Å². The fourth-order valence-corrected chi connectivity index (χ4v) is 2.57. The lowest BCUT2D eigenvalue weighted by Gasteiger charge is -2.14. The zero-order chi connectivity index (χ0) is 14.9. The fraction of sp³-hybridized carbons (Fsp3) is 0.615. The smallest absolute Gasteiger partial charge is 0.307 e. The van der Waals surface area contributed by atoms with E-state index in [0.717, 1.165) is 0 Å². The summed E-state index contributed by atoms with van der Waals surface area (Å²) in [5.41, 5.74) is 1.38. The van der Waals surface area contributed by atoms with Gasteiger partial charge in [-0.05, 0) is 32.6 Å². The van der Waals surface area contributed by atoms with E-state index in [2.05, 4.69) is 20.5 Å². The summed E-state index contributed by atoms with van der Waals surface area (Å²) in [4.78, 5) is 27.5. The quantitative estimate of drug-likeness (QED) is 0.860. The highest BCUT2D eigenvalue weighted by atomic mass is 16.4. The van der Waals surface area contributed by atoms with Crippen LogP contribution in [0.1, 0.15) is 31.2 Å². The normalized spacial score (nSPS) is 25.4. The lowest BCUT2D eigenvalue weighted by Crippen LogP contribution is -2.30. The van der Waals surface area contributed by atoms with Crippen LogP contribution >= 0.6 is 0 Å². The molecule has 0 bridgehead atoms. The molecule has 3 unspecified atom stereocenters. The van der Waals surface area contributed by atoms with Crippen molar-refractivity contribution in [2.45, 2.75) is 33.6 Å². The van der Waals surface area contributed by atoms with Gasteiger partial charge in [-0.2, -0.15) is 5.10 Å². The first kappa shape index (κ1) is 14.4. The molecule has 1 heterocycles. The zero-order valence-corrected chi connectivity index (χ0v) is 11.8. The van der Waals surface area contributed by atoms with Gasteiger partial charge in [-0.1, -0.05) is 6.92 Å². The Balaban J connectivity index is 2.11. The third-order valence-corrected chi connectivity index (χ3v) is 3.78. The maximum Gasteiger partial charge on any atom is 0.307 e. The number of carboxylic acid groups (broad SMARTS) is 1. The van der Waals surface area contributed by atoms with Crippen molar-refractivity contribution < 1.29 is 14.7 Å². The third-order valence-electron chi connectivity index (χ3n) is 3.78. The number of carbonyl (C=O) groups excluding carboxylic acids is 1. The van der Waals surface area contributed by atoms with E-state index >= 15 is 0 Å². The van der Waals surface area contributed by atoms with E-state index in [1.807, 2.05) is 6.92 Å². The monoisotopic (exact) mass is 278 g/mol. The molecular weight excluding hydrogens is 260 g/mol. The van der Waals surface area contributed by atoms with Gasteiger partial charge >= 0.3 is 5.97 Å². The molecule has 1 aliphatic rings. The molecule has 1 amide bonds.